The van der Waals surface area contributed by atoms with Gasteiger partial charge in [0.15, 0.2) is 0 Å². The highest BCUT2D eigenvalue weighted by molar-refractivity contribution is 5.27. The van der Waals surface area contributed by atoms with Crippen LogP contribution in [0.3, 0.4) is 0 Å². The lowest BCUT2D eigenvalue weighted by atomic mass is 10.0. The first-order valence-electron chi connectivity index (χ1n) is 6.50. The van der Waals surface area contributed by atoms with Crippen LogP contribution in [-0.4, -0.2) is 21.6 Å². The molecule has 2 aromatic rings. The second kappa shape index (κ2) is 6.29. The first-order chi connectivity index (χ1) is 9.19. The number of phenolic OH excluding ortho intramolecular Hbond substituents is 1. The van der Waals surface area contributed by atoms with Gasteiger partial charge >= 0.3 is 0 Å². The molecule has 0 aliphatic carbocycles. The van der Waals surface area contributed by atoms with Gasteiger partial charge in [0.25, 0.3) is 0 Å². The Labute approximate surface area is 113 Å². The lowest BCUT2D eigenvalue weighted by Crippen LogP contribution is -2.24. The Kier molecular flexibility index (Phi) is 4.47. The largest absolute Gasteiger partial charge is 0.508 e. The molecule has 0 saturated heterocycles. The van der Waals surface area contributed by atoms with Crippen molar-refractivity contribution in [2.45, 2.75) is 26.3 Å². The van der Waals surface area contributed by atoms with Gasteiger partial charge in [0.1, 0.15) is 11.6 Å². The Hall–Kier alpha value is -1.94. The molecule has 100 valence electrons. The Morgan fingerprint density at radius 2 is 1.95 bits per heavy atom. The summed E-state index contributed by atoms with van der Waals surface area (Å²) in [6.45, 7) is 4.86. The highest BCUT2D eigenvalue weighted by Crippen LogP contribution is 2.18. The van der Waals surface area contributed by atoms with E-state index in [4.69, 9.17) is 0 Å². The van der Waals surface area contributed by atoms with E-state index in [-0.39, 0.29) is 6.04 Å². The molecule has 2 N–H and O–H groups in total. The summed E-state index contributed by atoms with van der Waals surface area (Å²) in [6, 6.07) is 9.41. The molecule has 1 aromatic carbocycles. The molecule has 0 spiro atoms. The molecule has 0 bridgehead atoms. The maximum absolute atomic E-state index is 9.31. The van der Waals surface area contributed by atoms with Gasteiger partial charge in [-0.25, -0.2) is 9.97 Å². The van der Waals surface area contributed by atoms with E-state index < -0.39 is 0 Å². The summed E-state index contributed by atoms with van der Waals surface area (Å²) in [5.74, 6) is 1.08. The number of hydrogen-bond acceptors (Lipinski definition) is 4. The van der Waals surface area contributed by atoms with Crippen LogP contribution < -0.4 is 5.32 Å². The van der Waals surface area contributed by atoms with E-state index in [2.05, 4.69) is 22.2 Å². The highest BCUT2D eigenvalue weighted by atomic mass is 16.3. The van der Waals surface area contributed by atoms with Crippen LogP contribution in [-0.2, 0) is 6.42 Å². The van der Waals surface area contributed by atoms with Crippen molar-refractivity contribution in [3.8, 4) is 5.75 Å². The lowest BCUT2D eigenvalue weighted by molar-refractivity contribution is 0.474. The predicted octanol–water partition coefficient (Wildman–Crippen LogP) is 2.38. The third-order valence-corrected chi connectivity index (χ3v) is 2.98. The summed E-state index contributed by atoms with van der Waals surface area (Å²) in [6.07, 6.45) is 2.63. The predicted molar refractivity (Wildman–Crippen MR) is 75.0 cm³/mol. The fourth-order valence-corrected chi connectivity index (χ4v) is 2.06. The molecule has 4 nitrogen and oxygen atoms in total. The fraction of sp³-hybridized carbons (Fsp3) is 0.333. The van der Waals surface area contributed by atoms with E-state index in [1.807, 2.05) is 25.1 Å². The summed E-state index contributed by atoms with van der Waals surface area (Å²) >= 11 is 0. The number of benzene rings is 1. The molecule has 2 rings (SSSR count). The average Bonchev–Trinajstić information content (AvgIpc) is 2.41. The second-order valence-corrected chi connectivity index (χ2v) is 4.51. The molecule has 0 aliphatic heterocycles. The molecule has 1 unspecified atom stereocenters. The number of aromatic hydroxyl groups is 1. The number of aryl methyl sites for hydroxylation is 1. The van der Waals surface area contributed by atoms with Gasteiger partial charge in [-0.15, -0.1) is 0 Å². The van der Waals surface area contributed by atoms with Gasteiger partial charge in [0, 0.05) is 6.20 Å². The summed E-state index contributed by atoms with van der Waals surface area (Å²) in [5.41, 5.74) is 2.17. The van der Waals surface area contributed by atoms with E-state index in [0.29, 0.717) is 5.75 Å². The molecule has 19 heavy (non-hydrogen) atoms. The van der Waals surface area contributed by atoms with Crippen molar-refractivity contribution in [2.75, 3.05) is 6.54 Å². The Morgan fingerprint density at radius 1 is 1.21 bits per heavy atom. The van der Waals surface area contributed by atoms with Crippen molar-refractivity contribution < 1.29 is 5.11 Å². The zero-order valence-electron chi connectivity index (χ0n) is 11.3. The van der Waals surface area contributed by atoms with E-state index >= 15 is 0 Å². The van der Waals surface area contributed by atoms with Crippen LogP contribution >= 0.6 is 0 Å². The number of rotatable bonds is 5. The van der Waals surface area contributed by atoms with Gasteiger partial charge in [-0.05, 0) is 43.7 Å². The minimum absolute atomic E-state index is 0.163. The molecule has 1 heterocycles. The number of phenols is 1. The van der Waals surface area contributed by atoms with Crippen LogP contribution in [0.15, 0.2) is 36.5 Å². The van der Waals surface area contributed by atoms with Crippen LogP contribution in [0.2, 0.25) is 0 Å². The monoisotopic (exact) mass is 257 g/mol. The van der Waals surface area contributed by atoms with Crippen molar-refractivity contribution in [1.82, 2.24) is 15.3 Å². The summed E-state index contributed by atoms with van der Waals surface area (Å²) in [7, 11) is 0. The molecule has 0 aliphatic rings. The van der Waals surface area contributed by atoms with Crippen LogP contribution in [0.1, 0.15) is 30.0 Å². The number of likely N-dealkylation sites (N-methyl/N-ethyl adjacent to an activating group) is 1. The van der Waals surface area contributed by atoms with Crippen LogP contribution in [0.5, 0.6) is 5.75 Å². The van der Waals surface area contributed by atoms with Crippen molar-refractivity contribution in [1.29, 1.82) is 0 Å². The van der Waals surface area contributed by atoms with Crippen LogP contribution in [0.4, 0.5) is 0 Å². The number of nitrogens with one attached hydrogen (secondary N) is 1. The maximum Gasteiger partial charge on any atom is 0.125 e. The minimum atomic E-state index is 0.163. The van der Waals surface area contributed by atoms with Crippen molar-refractivity contribution in [3.63, 3.8) is 0 Å². The third kappa shape index (κ3) is 3.76. The number of nitrogens with zero attached hydrogens (tertiary/aromatic N) is 2. The van der Waals surface area contributed by atoms with Crippen LogP contribution in [0.25, 0.3) is 0 Å². The topological polar surface area (TPSA) is 58.0 Å². The van der Waals surface area contributed by atoms with Gasteiger partial charge in [-0.2, -0.15) is 0 Å². The maximum atomic E-state index is 9.31. The summed E-state index contributed by atoms with van der Waals surface area (Å²) < 4.78 is 0. The minimum Gasteiger partial charge on any atom is -0.508 e. The number of aromatic nitrogens is 2. The Balaban J connectivity index is 2.18. The first-order valence-corrected chi connectivity index (χ1v) is 6.50. The van der Waals surface area contributed by atoms with Crippen molar-refractivity contribution in [2.24, 2.45) is 0 Å². The van der Waals surface area contributed by atoms with Crippen molar-refractivity contribution in [3.05, 3.63) is 53.6 Å². The molecule has 0 radical (unpaired) electrons. The first kappa shape index (κ1) is 13.5. The van der Waals surface area contributed by atoms with E-state index in [0.717, 1.165) is 24.5 Å². The Bertz CT molecular complexity index is 525. The Morgan fingerprint density at radius 3 is 2.58 bits per heavy atom. The summed E-state index contributed by atoms with van der Waals surface area (Å²) in [4.78, 5) is 8.61. The molecular formula is C15H19N3O. The van der Waals surface area contributed by atoms with E-state index in [1.54, 1.807) is 18.3 Å². The van der Waals surface area contributed by atoms with Crippen LogP contribution in [0, 0.1) is 6.92 Å². The molecule has 1 aromatic heterocycles. The quantitative estimate of drug-likeness (QED) is 0.863. The number of hydrogen-bond donors (Lipinski definition) is 2. The lowest BCUT2D eigenvalue weighted by Gasteiger charge is -2.17. The smallest absolute Gasteiger partial charge is 0.125 e. The molecule has 0 fully saturated rings. The second-order valence-electron chi connectivity index (χ2n) is 4.51. The van der Waals surface area contributed by atoms with E-state index in [9.17, 15) is 5.11 Å². The zero-order chi connectivity index (χ0) is 13.7. The fourth-order valence-electron chi connectivity index (χ4n) is 2.06. The standard InChI is InChI=1S/C15H19N3O/c1-3-16-15(14-8-9-17-11(2)18-14)10-12-4-6-13(19)7-5-12/h4-9,15-16,19H,3,10H2,1-2H3. The highest BCUT2D eigenvalue weighted by Gasteiger charge is 2.13. The van der Waals surface area contributed by atoms with Gasteiger partial charge < -0.3 is 10.4 Å². The third-order valence-electron chi connectivity index (χ3n) is 2.98. The van der Waals surface area contributed by atoms with E-state index in [1.165, 1.54) is 5.56 Å². The van der Waals surface area contributed by atoms with Gasteiger partial charge in [0.05, 0.1) is 11.7 Å². The zero-order valence-corrected chi connectivity index (χ0v) is 11.3. The summed E-state index contributed by atoms with van der Waals surface area (Å²) in [5, 5.41) is 12.7. The SMILES string of the molecule is CCNC(Cc1ccc(O)cc1)c1ccnc(C)n1. The molecular weight excluding hydrogens is 238 g/mol. The van der Waals surface area contributed by atoms with Crippen molar-refractivity contribution >= 4 is 0 Å². The molecule has 1 atom stereocenters. The van der Waals surface area contributed by atoms with Gasteiger partial charge in [0.2, 0.25) is 0 Å². The average molecular weight is 257 g/mol. The molecule has 0 saturated carbocycles. The van der Waals surface area contributed by atoms with Gasteiger partial charge in [-0.3, -0.25) is 0 Å². The van der Waals surface area contributed by atoms with Gasteiger partial charge in [-0.1, -0.05) is 19.1 Å². The molecule has 0 amide bonds. The normalized spacial score (nSPS) is 12.3. The molecule has 4 heteroatoms.